The van der Waals surface area contributed by atoms with Gasteiger partial charge in [-0.1, -0.05) is 0 Å². The Kier molecular flexibility index (Phi) is 5.36. The number of anilines is 2. The van der Waals surface area contributed by atoms with Crippen LogP contribution in [0.4, 0.5) is 11.6 Å². The van der Waals surface area contributed by atoms with E-state index in [2.05, 4.69) is 38.8 Å². The highest BCUT2D eigenvalue weighted by Crippen LogP contribution is 2.20. The van der Waals surface area contributed by atoms with E-state index < -0.39 is 0 Å². The van der Waals surface area contributed by atoms with Crippen molar-refractivity contribution < 1.29 is 0 Å². The van der Waals surface area contributed by atoms with Crippen molar-refractivity contribution >= 4 is 11.6 Å². The molecule has 0 saturated heterocycles. The Hall–Kier alpha value is -3.34. The summed E-state index contributed by atoms with van der Waals surface area (Å²) in [5.41, 5.74) is 6.99. The zero-order valence-electron chi connectivity index (χ0n) is 17.3. The Morgan fingerprint density at radius 2 is 1.43 bits per heavy atom. The molecule has 0 aliphatic rings. The molecule has 0 amide bonds. The Balaban J connectivity index is 1.77. The van der Waals surface area contributed by atoms with Gasteiger partial charge in [0.1, 0.15) is 17.7 Å². The normalized spacial score (nSPS) is 10.8. The quantitative estimate of drug-likeness (QED) is 0.685. The van der Waals surface area contributed by atoms with Gasteiger partial charge >= 0.3 is 0 Å². The molecule has 0 atom stereocenters. The fourth-order valence-electron chi connectivity index (χ4n) is 3.28. The summed E-state index contributed by atoms with van der Waals surface area (Å²) in [5.74, 6) is 1.28. The van der Waals surface area contributed by atoms with Crippen molar-refractivity contribution in [2.45, 2.75) is 40.8 Å². The number of rotatable bonds is 6. The Labute approximate surface area is 165 Å². The van der Waals surface area contributed by atoms with Crippen molar-refractivity contribution in [3.8, 4) is 6.07 Å². The van der Waals surface area contributed by atoms with Crippen LogP contribution in [0.2, 0.25) is 0 Å². The first kappa shape index (κ1) is 19.4. The molecule has 146 valence electrons. The van der Waals surface area contributed by atoms with Gasteiger partial charge in [0.2, 0.25) is 0 Å². The molecule has 0 spiro atoms. The van der Waals surface area contributed by atoms with E-state index in [1.54, 1.807) is 6.07 Å². The highest BCUT2D eigenvalue weighted by molar-refractivity contribution is 5.57. The number of aryl methyl sites for hydroxylation is 4. The number of aromatic nitrogens is 5. The second-order valence-corrected chi connectivity index (χ2v) is 6.96. The summed E-state index contributed by atoms with van der Waals surface area (Å²) in [7, 11) is 3.87. The number of pyridine rings is 1. The Morgan fingerprint density at radius 1 is 0.893 bits per heavy atom. The molecule has 0 aliphatic carbocycles. The molecule has 2 N–H and O–H groups in total. The van der Waals surface area contributed by atoms with Crippen LogP contribution in [0.1, 0.15) is 39.5 Å². The van der Waals surface area contributed by atoms with E-state index in [-0.39, 0.29) is 0 Å². The fraction of sp³-hybridized carbons (Fsp3) is 0.400. The van der Waals surface area contributed by atoms with Crippen LogP contribution in [-0.4, -0.2) is 24.5 Å². The predicted molar refractivity (Wildman–Crippen MR) is 109 cm³/mol. The lowest BCUT2D eigenvalue weighted by molar-refractivity contribution is 0.730. The third-order valence-electron chi connectivity index (χ3n) is 5.21. The van der Waals surface area contributed by atoms with Crippen LogP contribution in [0, 0.1) is 39.0 Å². The van der Waals surface area contributed by atoms with Crippen molar-refractivity contribution in [3.05, 3.63) is 51.6 Å². The third kappa shape index (κ3) is 3.69. The van der Waals surface area contributed by atoms with Gasteiger partial charge in [-0.2, -0.15) is 15.5 Å². The van der Waals surface area contributed by atoms with Crippen molar-refractivity contribution in [3.63, 3.8) is 0 Å². The van der Waals surface area contributed by atoms with Gasteiger partial charge in [0, 0.05) is 49.7 Å². The molecular formula is C20H26N8. The standard InChI is InChI=1S/C20H26N8/c1-12-17(14(3)27(5)25-12)10-22-19-8-7-16(9-21)20(24-19)23-11-18-13(2)26-28(6)15(18)4/h7-8H,10-11H2,1-6H3,(H2,22,23,24). The SMILES string of the molecule is Cc1nn(C)c(C)c1CNc1ccc(C#N)c(NCc2c(C)nn(C)c2C)n1. The molecule has 8 nitrogen and oxygen atoms in total. The minimum Gasteiger partial charge on any atom is -0.366 e. The molecule has 0 aliphatic heterocycles. The Bertz CT molecular complexity index is 1050. The van der Waals surface area contributed by atoms with E-state index in [0.717, 1.165) is 33.9 Å². The van der Waals surface area contributed by atoms with E-state index in [9.17, 15) is 5.26 Å². The minimum absolute atomic E-state index is 0.512. The van der Waals surface area contributed by atoms with E-state index in [0.29, 0.717) is 30.3 Å². The number of hydrogen-bond donors (Lipinski definition) is 2. The first-order chi connectivity index (χ1) is 13.3. The van der Waals surface area contributed by atoms with Crippen LogP contribution in [0.5, 0.6) is 0 Å². The minimum atomic E-state index is 0.512. The van der Waals surface area contributed by atoms with Gasteiger partial charge in [-0.05, 0) is 39.8 Å². The number of nitrogens with one attached hydrogen (secondary N) is 2. The second-order valence-electron chi connectivity index (χ2n) is 6.96. The average molecular weight is 378 g/mol. The summed E-state index contributed by atoms with van der Waals surface area (Å²) in [6.45, 7) is 9.27. The van der Waals surface area contributed by atoms with Gasteiger partial charge in [-0.15, -0.1) is 0 Å². The molecule has 3 rings (SSSR count). The molecule has 3 aromatic heterocycles. The van der Waals surface area contributed by atoms with Crippen molar-refractivity contribution in [1.82, 2.24) is 24.5 Å². The molecule has 0 saturated carbocycles. The zero-order valence-corrected chi connectivity index (χ0v) is 17.3. The molecule has 0 aromatic carbocycles. The summed E-state index contributed by atoms with van der Waals surface area (Å²) in [6.07, 6.45) is 0. The van der Waals surface area contributed by atoms with Crippen molar-refractivity contribution in [2.24, 2.45) is 14.1 Å². The molecule has 3 aromatic rings. The fourth-order valence-corrected chi connectivity index (χ4v) is 3.28. The van der Waals surface area contributed by atoms with E-state index in [1.807, 2.05) is 50.3 Å². The van der Waals surface area contributed by atoms with E-state index >= 15 is 0 Å². The number of hydrogen-bond acceptors (Lipinski definition) is 6. The third-order valence-corrected chi connectivity index (χ3v) is 5.21. The molecule has 0 fully saturated rings. The molecule has 0 radical (unpaired) electrons. The van der Waals surface area contributed by atoms with Gasteiger partial charge < -0.3 is 10.6 Å². The lowest BCUT2D eigenvalue weighted by Gasteiger charge is -2.11. The summed E-state index contributed by atoms with van der Waals surface area (Å²) in [4.78, 5) is 4.61. The maximum atomic E-state index is 9.43. The molecule has 0 bridgehead atoms. The highest BCUT2D eigenvalue weighted by Gasteiger charge is 2.13. The lowest BCUT2D eigenvalue weighted by atomic mass is 10.2. The molecule has 28 heavy (non-hydrogen) atoms. The van der Waals surface area contributed by atoms with Gasteiger partial charge in [-0.3, -0.25) is 9.36 Å². The largest absolute Gasteiger partial charge is 0.366 e. The van der Waals surface area contributed by atoms with Gasteiger partial charge in [0.15, 0.2) is 0 Å². The Morgan fingerprint density at radius 3 is 1.89 bits per heavy atom. The monoisotopic (exact) mass is 378 g/mol. The average Bonchev–Trinajstić information content (AvgIpc) is 3.05. The summed E-state index contributed by atoms with van der Waals surface area (Å²) < 4.78 is 3.74. The van der Waals surface area contributed by atoms with Gasteiger partial charge in [-0.25, -0.2) is 4.98 Å². The van der Waals surface area contributed by atoms with Crippen molar-refractivity contribution in [2.75, 3.05) is 10.6 Å². The van der Waals surface area contributed by atoms with Crippen molar-refractivity contribution in [1.29, 1.82) is 5.26 Å². The summed E-state index contributed by atoms with van der Waals surface area (Å²) >= 11 is 0. The maximum Gasteiger partial charge on any atom is 0.146 e. The molecule has 3 heterocycles. The van der Waals surface area contributed by atoms with Crippen LogP contribution in [0.3, 0.4) is 0 Å². The highest BCUT2D eigenvalue weighted by atomic mass is 15.3. The lowest BCUT2D eigenvalue weighted by Crippen LogP contribution is -2.08. The first-order valence-corrected chi connectivity index (χ1v) is 9.18. The summed E-state index contributed by atoms with van der Waals surface area (Å²) in [5, 5.41) is 24.9. The maximum absolute atomic E-state index is 9.43. The van der Waals surface area contributed by atoms with Gasteiger partial charge in [0.05, 0.1) is 17.0 Å². The van der Waals surface area contributed by atoms with Crippen LogP contribution >= 0.6 is 0 Å². The summed E-state index contributed by atoms with van der Waals surface area (Å²) in [6, 6.07) is 5.81. The number of nitriles is 1. The smallest absolute Gasteiger partial charge is 0.146 e. The molecular weight excluding hydrogens is 352 g/mol. The molecule has 8 heteroatoms. The van der Waals surface area contributed by atoms with Crippen LogP contribution in [-0.2, 0) is 27.2 Å². The molecule has 0 unspecified atom stereocenters. The first-order valence-electron chi connectivity index (χ1n) is 9.18. The van der Waals surface area contributed by atoms with Crippen LogP contribution in [0.15, 0.2) is 12.1 Å². The van der Waals surface area contributed by atoms with E-state index in [1.165, 1.54) is 0 Å². The topological polar surface area (TPSA) is 96.4 Å². The zero-order chi connectivity index (χ0) is 20.4. The second kappa shape index (κ2) is 7.72. The van der Waals surface area contributed by atoms with E-state index in [4.69, 9.17) is 0 Å². The van der Waals surface area contributed by atoms with Crippen LogP contribution in [0.25, 0.3) is 0 Å². The van der Waals surface area contributed by atoms with Gasteiger partial charge in [0.25, 0.3) is 0 Å². The van der Waals surface area contributed by atoms with Crippen LogP contribution < -0.4 is 10.6 Å². The number of nitrogens with zero attached hydrogens (tertiary/aromatic N) is 6. The predicted octanol–water partition coefficient (Wildman–Crippen LogP) is 2.88.